The Labute approximate surface area is 104 Å². The molecule has 2 bridgehead atoms. The molecule has 0 radical (unpaired) electrons. The van der Waals surface area contributed by atoms with Crippen LogP contribution < -0.4 is 11.1 Å². The van der Waals surface area contributed by atoms with E-state index < -0.39 is 0 Å². The average molecular weight is 236 g/mol. The molecule has 3 saturated carbocycles. The molecule has 3 rings (SSSR count). The Morgan fingerprint density at radius 2 is 1.88 bits per heavy atom. The zero-order chi connectivity index (χ0) is 11.8. The summed E-state index contributed by atoms with van der Waals surface area (Å²) in [5.74, 6) is 2.14. The Bertz CT molecular complexity index is 305. The fourth-order valence-corrected chi connectivity index (χ4v) is 4.19. The number of hydrogen-bond donors (Lipinski definition) is 2. The van der Waals surface area contributed by atoms with Gasteiger partial charge >= 0.3 is 0 Å². The van der Waals surface area contributed by atoms with Gasteiger partial charge in [0.2, 0.25) is 5.91 Å². The van der Waals surface area contributed by atoms with E-state index in [0.717, 1.165) is 25.2 Å². The van der Waals surface area contributed by atoms with Crippen molar-refractivity contribution in [1.29, 1.82) is 0 Å². The van der Waals surface area contributed by atoms with Crippen LogP contribution in [0.5, 0.6) is 0 Å². The van der Waals surface area contributed by atoms with Crippen LogP contribution in [0.1, 0.15) is 51.4 Å². The largest absolute Gasteiger partial charge is 0.352 e. The molecule has 3 aliphatic carbocycles. The predicted octanol–water partition coefficient (Wildman–Crippen LogP) is 1.81. The minimum Gasteiger partial charge on any atom is -0.352 e. The zero-order valence-electron chi connectivity index (χ0n) is 10.5. The van der Waals surface area contributed by atoms with Gasteiger partial charge in [-0.05, 0) is 43.9 Å². The van der Waals surface area contributed by atoms with E-state index >= 15 is 0 Å². The summed E-state index contributed by atoms with van der Waals surface area (Å²) in [5, 5.41) is 3.23. The van der Waals surface area contributed by atoms with Gasteiger partial charge in [0, 0.05) is 18.0 Å². The van der Waals surface area contributed by atoms with Gasteiger partial charge in [0.05, 0.1) is 0 Å². The van der Waals surface area contributed by atoms with E-state index in [1.807, 2.05) is 0 Å². The molecule has 3 unspecified atom stereocenters. The number of fused-ring (bicyclic) bond motifs is 2. The van der Waals surface area contributed by atoms with Crippen molar-refractivity contribution in [2.75, 3.05) is 0 Å². The van der Waals surface area contributed by atoms with E-state index in [1.54, 1.807) is 0 Å². The lowest BCUT2D eigenvalue weighted by molar-refractivity contribution is -0.127. The minimum atomic E-state index is 0.186. The van der Waals surface area contributed by atoms with Crippen LogP contribution in [-0.2, 0) is 4.79 Å². The lowest BCUT2D eigenvalue weighted by atomic mass is 9.86. The van der Waals surface area contributed by atoms with E-state index in [0.29, 0.717) is 17.7 Å². The number of nitrogens with one attached hydrogen (secondary N) is 1. The number of rotatable bonds is 2. The molecule has 3 N–H and O–H groups in total. The number of nitrogens with two attached hydrogens (primary N) is 1. The van der Waals surface area contributed by atoms with Crippen molar-refractivity contribution in [1.82, 2.24) is 5.32 Å². The third-order valence-electron chi connectivity index (χ3n) is 5.22. The molecule has 0 saturated heterocycles. The highest BCUT2D eigenvalue weighted by molar-refractivity contribution is 5.79. The predicted molar refractivity (Wildman–Crippen MR) is 67.3 cm³/mol. The highest BCUT2D eigenvalue weighted by Gasteiger charge is 2.43. The van der Waals surface area contributed by atoms with Crippen molar-refractivity contribution >= 4 is 5.91 Å². The Balaban J connectivity index is 1.56. The highest BCUT2D eigenvalue weighted by atomic mass is 16.2. The van der Waals surface area contributed by atoms with Crippen LogP contribution >= 0.6 is 0 Å². The van der Waals surface area contributed by atoms with Gasteiger partial charge in [-0.1, -0.05) is 19.3 Å². The van der Waals surface area contributed by atoms with Crippen molar-refractivity contribution < 1.29 is 4.79 Å². The quantitative estimate of drug-likeness (QED) is 0.768. The SMILES string of the molecule is N[C@@H]1CCCC[C@H]1NC(=O)C1CC2CCC1C2. The first kappa shape index (κ1) is 11.5. The molecule has 3 fully saturated rings. The second-order valence-electron chi connectivity index (χ2n) is 6.34. The van der Waals surface area contributed by atoms with Crippen LogP contribution in [-0.4, -0.2) is 18.0 Å². The molecular weight excluding hydrogens is 212 g/mol. The van der Waals surface area contributed by atoms with Crippen LogP contribution in [0.3, 0.4) is 0 Å². The summed E-state index contributed by atoms with van der Waals surface area (Å²) < 4.78 is 0. The molecule has 1 amide bonds. The smallest absolute Gasteiger partial charge is 0.223 e. The molecule has 0 aliphatic heterocycles. The summed E-state index contributed by atoms with van der Waals surface area (Å²) in [6, 6.07) is 0.432. The van der Waals surface area contributed by atoms with E-state index in [-0.39, 0.29) is 12.1 Å². The third-order valence-corrected chi connectivity index (χ3v) is 5.22. The molecular formula is C14H24N2O. The topological polar surface area (TPSA) is 55.1 Å². The Morgan fingerprint density at radius 1 is 1.06 bits per heavy atom. The van der Waals surface area contributed by atoms with Crippen molar-refractivity contribution in [3.05, 3.63) is 0 Å². The molecule has 3 nitrogen and oxygen atoms in total. The number of amides is 1. The minimum absolute atomic E-state index is 0.186. The number of carbonyl (C=O) groups is 1. The second-order valence-corrected chi connectivity index (χ2v) is 6.34. The van der Waals surface area contributed by atoms with Gasteiger partial charge in [0.1, 0.15) is 0 Å². The Morgan fingerprint density at radius 3 is 2.53 bits per heavy atom. The molecule has 5 atom stereocenters. The maximum Gasteiger partial charge on any atom is 0.223 e. The highest BCUT2D eigenvalue weighted by Crippen LogP contribution is 2.48. The van der Waals surface area contributed by atoms with Gasteiger partial charge in [-0.3, -0.25) is 4.79 Å². The van der Waals surface area contributed by atoms with Crippen molar-refractivity contribution in [2.24, 2.45) is 23.5 Å². The first-order valence-corrected chi connectivity index (χ1v) is 7.30. The van der Waals surface area contributed by atoms with Crippen molar-refractivity contribution in [3.8, 4) is 0 Å². The monoisotopic (exact) mass is 236 g/mol. The summed E-state index contributed by atoms with van der Waals surface area (Å²) in [6.07, 6.45) is 9.66. The van der Waals surface area contributed by atoms with E-state index in [2.05, 4.69) is 5.32 Å². The van der Waals surface area contributed by atoms with Crippen LogP contribution in [0, 0.1) is 17.8 Å². The first-order chi connectivity index (χ1) is 8.24. The fourth-order valence-electron chi connectivity index (χ4n) is 4.19. The number of carbonyl (C=O) groups excluding carboxylic acids is 1. The molecule has 17 heavy (non-hydrogen) atoms. The van der Waals surface area contributed by atoms with Gasteiger partial charge in [-0.2, -0.15) is 0 Å². The number of hydrogen-bond acceptors (Lipinski definition) is 2. The maximum absolute atomic E-state index is 12.3. The molecule has 0 aromatic heterocycles. The Hall–Kier alpha value is -0.570. The second kappa shape index (κ2) is 4.60. The molecule has 0 aromatic carbocycles. The summed E-state index contributed by atoms with van der Waals surface area (Å²) >= 11 is 0. The van der Waals surface area contributed by atoms with Gasteiger partial charge < -0.3 is 11.1 Å². The van der Waals surface area contributed by atoms with Crippen molar-refractivity contribution in [2.45, 2.75) is 63.5 Å². The average Bonchev–Trinajstić information content (AvgIpc) is 2.94. The van der Waals surface area contributed by atoms with Crippen LogP contribution in [0.4, 0.5) is 0 Å². The summed E-state index contributed by atoms with van der Waals surface area (Å²) in [6.45, 7) is 0. The summed E-state index contributed by atoms with van der Waals surface area (Å²) in [4.78, 5) is 12.3. The third kappa shape index (κ3) is 2.22. The van der Waals surface area contributed by atoms with Gasteiger partial charge in [-0.15, -0.1) is 0 Å². The van der Waals surface area contributed by atoms with E-state index in [9.17, 15) is 4.79 Å². The maximum atomic E-state index is 12.3. The van der Waals surface area contributed by atoms with Crippen LogP contribution in [0.15, 0.2) is 0 Å². The lowest BCUT2D eigenvalue weighted by Gasteiger charge is -2.31. The van der Waals surface area contributed by atoms with Crippen molar-refractivity contribution in [3.63, 3.8) is 0 Å². The summed E-state index contributed by atoms with van der Waals surface area (Å²) in [5.41, 5.74) is 6.09. The van der Waals surface area contributed by atoms with Gasteiger partial charge in [0.15, 0.2) is 0 Å². The molecule has 3 heteroatoms. The first-order valence-electron chi connectivity index (χ1n) is 7.30. The summed E-state index contributed by atoms with van der Waals surface area (Å²) in [7, 11) is 0. The van der Waals surface area contributed by atoms with Gasteiger partial charge in [-0.25, -0.2) is 0 Å². The van der Waals surface area contributed by atoms with E-state index in [4.69, 9.17) is 5.73 Å². The van der Waals surface area contributed by atoms with E-state index in [1.165, 1.54) is 32.1 Å². The van der Waals surface area contributed by atoms with Crippen LogP contribution in [0.25, 0.3) is 0 Å². The van der Waals surface area contributed by atoms with Crippen LogP contribution in [0.2, 0.25) is 0 Å². The lowest BCUT2D eigenvalue weighted by Crippen LogP contribution is -2.51. The Kier molecular flexibility index (Phi) is 3.12. The molecule has 96 valence electrons. The normalized spacial score (nSPS) is 44.9. The molecule has 0 heterocycles. The standard InChI is InChI=1S/C14H24N2O/c15-12-3-1-2-4-13(12)16-14(17)11-8-9-5-6-10(11)7-9/h9-13H,1-8,15H2,(H,16,17)/t9?,10?,11?,12-,13-/m1/s1. The van der Waals surface area contributed by atoms with Gasteiger partial charge in [0.25, 0.3) is 0 Å². The fraction of sp³-hybridized carbons (Fsp3) is 0.929. The molecule has 3 aliphatic rings. The molecule has 0 spiro atoms. The molecule has 0 aromatic rings. The zero-order valence-corrected chi connectivity index (χ0v) is 10.5.